The number of hydrogen-bond acceptors (Lipinski definition) is 2. The van der Waals surface area contributed by atoms with Crippen molar-refractivity contribution in [2.75, 3.05) is 0 Å². The van der Waals surface area contributed by atoms with Crippen LogP contribution in [0, 0.1) is 13.8 Å². The van der Waals surface area contributed by atoms with Crippen LogP contribution in [-0.2, 0) is 6.54 Å². The van der Waals surface area contributed by atoms with Gasteiger partial charge < -0.3 is 9.67 Å². The van der Waals surface area contributed by atoms with Gasteiger partial charge in [-0.3, -0.25) is 0 Å². The smallest absolute Gasteiger partial charge is 0.337 e. The number of carboxylic acid groups (broad SMARTS) is 1. The molecule has 0 aromatic carbocycles. The lowest BCUT2D eigenvalue weighted by molar-refractivity contribution is 0.0696. The molecule has 0 atom stereocenters. The average molecular weight is 235 g/mol. The number of aromatic carboxylic acids is 1. The van der Waals surface area contributed by atoms with Crippen molar-refractivity contribution < 1.29 is 9.90 Å². The van der Waals surface area contributed by atoms with E-state index in [1.54, 1.807) is 17.4 Å². The zero-order chi connectivity index (χ0) is 11.7. The zero-order valence-electron chi connectivity index (χ0n) is 9.23. The summed E-state index contributed by atoms with van der Waals surface area (Å²) in [5.41, 5.74) is 2.20. The molecular weight excluding hydrogens is 222 g/mol. The van der Waals surface area contributed by atoms with Gasteiger partial charge in [-0.25, -0.2) is 4.79 Å². The van der Waals surface area contributed by atoms with Crippen LogP contribution in [-0.4, -0.2) is 15.6 Å². The summed E-state index contributed by atoms with van der Waals surface area (Å²) in [5, 5.41) is 11.0. The largest absolute Gasteiger partial charge is 0.478 e. The summed E-state index contributed by atoms with van der Waals surface area (Å²) in [4.78, 5) is 12.2. The molecule has 16 heavy (non-hydrogen) atoms. The number of aromatic nitrogens is 1. The average Bonchev–Trinajstić information content (AvgIpc) is 2.81. The molecule has 0 saturated heterocycles. The summed E-state index contributed by atoms with van der Waals surface area (Å²) in [7, 11) is 0. The van der Waals surface area contributed by atoms with Crippen molar-refractivity contribution in [1.82, 2.24) is 4.57 Å². The first kappa shape index (κ1) is 11.0. The minimum atomic E-state index is -0.856. The molecule has 1 N–H and O–H groups in total. The number of hydrogen-bond donors (Lipinski definition) is 1. The fraction of sp³-hybridized carbons (Fsp3) is 0.250. The van der Waals surface area contributed by atoms with Gasteiger partial charge in [0.25, 0.3) is 0 Å². The van der Waals surface area contributed by atoms with E-state index in [0.29, 0.717) is 5.56 Å². The second-order valence-electron chi connectivity index (χ2n) is 3.76. The number of carbonyl (C=O) groups is 1. The number of nitrogens with zero attached hydrogens (tertiary/aromatic N) is 1. The topological polar surface area (TPSA) is 42.2 Å². The van der Waals surface area contributed by atoms with Gasteiger partial charge in [0.15, 0.2) is 0 Å². The molecule has 2 aromatic rings. The van der Waals surface area contributed by atoms with Crippen molar-refractivity contribution in [3.63, 3.8) is 0 Å². The number of carboxylic acids is 1. The van der Waals surface area contributed by atoms with Crippen LogP contribution in [0.5, 0.6) is 0 Å². The first-order chi connectivity index (χ1) is 7.59. The van der Waals surface area contributed by atoms with Crippen LogP contribution < -0.4 is 0 Å². The predicted octanol–water partition coefficient (Wildman–Crippen LogP) is 2.91. The molecule has 0 unspecified atom stereocenters. The Balaban J connectivity index is 2.38. The Morgan fingerprint density at radius 1 is 1.50 bits per heavy atom. The molecule has 2 aromatic heterocycles. The van der Waals surface area contributed by atoms with Crippen LogP contribution >= 0.6 is 11.3 Å². The standard InChI is InChI=1S/C12H13NO2S/c1-8-6-11(12(14)15)9(2)13(8)7-10-4-3-5-16-10/h3-6H,7H2,1-2H3,(H,14,15). The molecule has 0 radical (unpaired) electrons. The molecule has 0 aliphatic carbocycles. The highest BCUT2D eigenvalue weighted by molar-refractivity contribution is 7.09. The molecular formula is C12H13NO2S. The SMILES string of the molecule is Cc1cc(C(=O)O)c(C)n1Cc1cccs1. The lowest BCUT2D eigenvalue weighted by atomic mass is 10.2. The van der Waals surface area contributed by atoms with Crippen LogP contribution in [0.15, 0.2) is 23.6 Å². The minimum absolute atomic E-state index is 0.397. The first-order valence-electron chi connectivity index (χ1n) is 5.02. The van der Waals surface area contributed by atoms with E-state index < -0.39 is 5.97 Å². The van der Waals surface area contributed by atoms with Gasteiger partial charge in [-0.1, -0.05) is 6.07 Å². The molecule has 0 spiro atoms. The van der Waals surface area contributed by atoms with Crippen LogP contribution in [0.25, 0.3) is 0 Å². The molecule has 2 heterocycles. The van der Waals surface area contributed by atoms with E-state index in [0.717, 1.165) is 17.9 Å². The van der Waals surface area contributed by atoms with Crippen molar-refractivity contribution >= 4 is 17.3 Å². The van der Waals surface area contributed by atoms with E-state index >= 15 is 0 Å². The van der Waals surface area contributed by atoms with E-state index in [2.05, 4.69) is 6.07 Å². The van der Waals surface area contributed by atoms with Gasteiger partial charge in [-0.15, -0.1) is 11.3 Å². The maximum Gasteiger partial charge on any atom is 0.337 e. The Morgan fingerprint density at radius 3 is 2.75 bits per heavy atom. The predicted molar refractivity (Wildman–Crippen MR) is 64.3 cm³/mol. The quantitative estimate of drug-likeness (QED) is 0.888. The second-order valence-corrected chi connectivity index (χ2v) is 4.79. The van der Waals surface area contributed by atoms with Crippen LogP contribution in [0.2, 0.25) is 0 Å². The Morgan fingerprint density at radius 2 is 2.25 bits per heavy atom. The van der Waals surface area contributed by atoms with Crippen molar-refractivity contribution in [1.29, 1.82) is 0 Å². The van der Waals surface area contributed by atoms with Crippen molar-refractivity contribution in [2.24, 2.45) is 0 Å². The normalized spacial score (nSPS) is 10.6. The molecule has 0 aliphatic heterocycles. The Labute approximate surface area is 98.0 Å². The third kappa shape index (κ3) is 1.88. The molecule has 0 fully saturated rings. The number of thiophene rings is 1. The zero-order valence-corrected chi connectivity index (χ0v) is 10.0. The highest BCUT2D eigenvalue weighted by atomic mass is 32.1. The monoisotopic (exact) mass is 235 g/mol. The maximum absolute atomic E-state index is 11.0. The lowest BCUT2D eigenvalue weighted by Gasteiger charge is -2.07. The van der Waals surface area contributed by atoms with Crippen molar-refractivity contribution in [3.8, 4) is 0 Å². The fourth-order valence-corrected chi connectivity index (χ4v) is 2.51. The van der Waals surface area contributed by atoms with Gasteiger partial charge in [-0.2, -0.15) is 0 Å². The molecule has 0 amide bonds. The molecule has 84 valence electrons. The van der Waals surface area contributed by atoms with Crippen LogP contribution in [0.1, 0.15) is 26.6 Å². The van der Waals surface area contributed by atoms with Gasteiger partial charge >= 0.3 is 5.97 Å². The summed E-state index contributed by atoms with van der Waals surface area (Å²) in [6, 6.07) is 5.79. The summed E-state index contributed by atoms with van der Waals surface area (Å²) in [6.07, 6.45) is 0. The molecule has 2 rings (SSSR count). The highest BCUT2D eigenvalue weighted by Gasteiger charge is 2.14. The van der Waals surface area contributed by atoms with E-state index in [1.165, 1.54) is 4.88 Å². The van der Waals surface area contributed by atoms with Crippen molar-refractivity contribution in [2.45, 2.75) is 20.4 Å². The number of aryl methyl sites for hydroxylation is 1. The Hall–Kier alpha value is -1.55. The molecule has 0 saturated carbocycles. The van der Waals surface area contributed by atoms with E-state index in [1.807, 2.05) is 29.9 Å². The Kier molecular flexibility index (Phi) is 2.83. The van der Waals surface area contributed by atoms with Crippen LogP contribution in [0.4, 0.5) is 0 Å². The van der Waals surface area contributed by atoms with Gasteiger partial charge in [-0.05, 0) is 31.4 Å². The lowest BCUT2D eigenvalue weighted by Crippen LogP contribution is -2.04. The highest BCUT2D eigenvalue weighted by Crippen LogP contribution is 2.19. The van der Waals surface area contributed by atoms with E-state index in [9.17, 15) is 4.79 Å². The Bertz CT molecular complexity index is 511. The van der Waals surface area contributed by atoms with Gasteiger partial charge in [0.2, 0.25) is 0 Å². The van der Waals surface area contributed by atoms with Crippen molar-refractivity contribution in [3.05, 3.63) is 45.4 Å². The second kappa shape index (κ2) is 4.14. The van der Waals surface area contributed by atoms with Gasteiger partial charge in [0.05, 0.1) is 12.1 Å². The number of rotatable bonds is 3. The third-order valence-corrected chi connectivity index (χ3v) is 3.56. The minimum Gasteiger partial charge on any atom is -0.478 e. The van der Waals surface area contributed by atoms with Gasteiger partial charge in [0, 0.05) is 16.3 Å². The van der Waals surface area contributed by atoms with Crippen LogP contribution in [0.3, 0.4) is 0 Å². The molecule has 0 aliphatic rings. The summed E-state index contributed by atoms with van der Waals surface area (Å²) in [5.74, 6) is -0.856. The summed E-state index contributed by atoms with van der Waals surface area (Å²) in [6.45, 7) is 4.54. The van der Waals surface area contributed by atoms with E-state index in [4.69, 9.17) is 5.11 Å². The molecule has 4 heteroatoms. The summed E-state index contributed by atoms with van der Waals surface area (Å²) >= 11 is 1.68. The molecule has 3 nitrogen and oxygen atoms in total. The maximum atomic E-state index is 11.0. The third-order valence-electron chi connectivity index (χ3n) is 2.70. The molecule has 0 bridgehead atoms. The summed E-state index contributed by atoms with van der Waals surface area (Å²) < 4.78 is 2.04. The first-order valence-corrected chi connectivity index (χ1v) is 5.90. The fourth-order valence-electron chi connectivity index (χ4n) is 1.82. The van der Waals surface area contributed by atoms with E-state index in [-0.39, 0.29) is 0 Å². The van der Waals surface area contributed by atoms with Gasteiger partial charge in [0.1, 0.15) is 0 Å².